The van der Waals surface area contributed by atoms with Crippen molar-refractivity contribution >= 4 is 30.7 Å². The molecule has 1 amide bonds. The van der Waals surface area contributed by atoms with E-state index in [-0.39, 0.29) is 30.7 Å². The zero-order chi connectivity index (χ0) is 12.1. The first-order valence-electron chi connectivity index (χ1n) is 5.60. The Bertz CT molecular complexity index is 357. The smallest absolute Gasteiger partial charge is 0.239 e. The van der Waals surface area contributed by atoms with E-state index < -0.39 is 6.04 Å². The number of aryl methyl sites for hydroxylation is 1. The molecule has 7 heteroatoms. The van der Waals surface area contributed by atoms with Crippen LogP contribution >= 0.6 is 24.8 Å². The van der Waals surface area contributed by atoms with Gasteiger partial charge in [0.15, 0.2) is 0 Å². The second-order valence-corrected chi connectivity index (χ2v) is 3.89. The Morgan fingerprint density at radius 1 is 1.50 bits per heavy atom. The zero-order valence-electron chi connectivity index (χ0n) is 11.0. The molecule has 5 nitrogen and oxygen atoms in total. The number of hydrogen-bond donors (Lipinski definition) is 1. The van der Waals surface area contributed by atoms with E-state index in [4.69, 9.17) is 5.73 Å². The summed E-state index contributed by atoms with van der Waals surface area (Å²) >= 11 is 0. The Morgan fingerprint density at radius 2 is 2.11 bits per heavy atom. The number of nitrogens with two attached hydrogens (primary N) is 1. The van der Waals surface area contributed by atoms with Crippen LogP contribution in [0.15, 0.2) is 12.4 Å². The van der Waals surface area contributed by atoms with Crippen molar-refractivity contribution in [2.75, 3.05) is 6.54 Å². The molecule has 0 fully saturated rings. The second-order valence-electron chi connectivity index (χ2n) is 3.89. The molecule has 0 aliphatic rings. The fourth-order valence-corrected chi connectivity index (χ4v) is 1.53. The Kier molecular flexibility index (Phi) is 9.99. The summed E-state index contributed by atoms with van der Waals surface area (Å²) in [5.41, 5.74) is 6.77. The second kappa shape index (κ2) is 9.19. The maximum absolute atomic E-state index is 11.9. The van der Waals surface area contributed by atoms with Crippen LogP contribution in [0.2, 0.25) is 0 Å². The van der Waals surface area contributed by atoms with Gasteiger partial charge in [-0.25, -0.2) is 0 Å². The zero-order valence-corrected chi connectivity index (χ0v) is 12.6. The minimum absolute atomic E-state index is 0. The number of rotatable bonds is 5. The number of halogens is 2. The highest BCUT2D eigenvalue weighted by Crippen LogP contribution is 2.05. The molecule has 18 heavy (non-hydrogen) atoms. The van der Waals surface area contributed by atoms with Crippen LogP contribution in [0.25, 0.3) is 0 Å². The highest BCUT2D eigenvalue weighted by molar-refractivity contribution is 5.85. The van der Waals surface area contributed by atoms with Gasteiger partial charge in [-0.1, -0.05) is 6.92 Å². The van der Waals surface area contributed by atoms with Crippen LogP contribution in [0.1, 0.15) is 25.8 Å². The number of carbonyl (C=O) groups is 1. The fraction of sp³-hybridized carbons (Fsp3) is 0.636. The number of amides is 1. The van der Waals surface area contributed by atoms with Gasteiger partial charge in [0.1, 0.15) is 0 Å². The van der Waals surface area contributed by atoms with E-state index >= 15 is 0 Å². The van der Waals surface area contributed by atoms with Gasteiger partial charge in [-0.05, 0) is 13.3 Å². The van der Waals surface area contributed by atoms with E-state index in [0.717, 1.165) is 5.56 Å². The molecule has 0 radical (unpaired) electrons. The number of aromatic nitrogens is 2. The van der Waals surface area contributed by atoms with Gasteiger partial charge in [0, 0.05) is 31.9 Å². The summed E-state index contributed by atoms with van der Waals surface area (Å²) < 4.78 is 1.73. The maximum atomic E-state index is 11.9. The largest absolute Gasteiger partial charge is 0.337 e. The monoisotopic (exact) mass is 296 g/mol. The fourth-order valence-electron chi connectivity index (χ4n) is 1.53. The minimum atomic E-state index is -0.392. The standard InChI is InChI=1S/C11H20N4O.2ClH/c1-4-10(12)11(16)15(5-2)8-9-6-13-14(3)7-9;;/h6-7,10H,4-5,8,12H2,1-3H3;2*1H/t10-;;/m0../s1. The highest BCUT2D eigenvalue weighted by atomic mass is 35.5. The summed E-state index contributed by atoms with van der Waals surface area (Å²) in [5, 5.41) is 4.08. The Balaban J connectivity index is 0. The van der Waals surface area contributed by atoms with Gasteiger partial charge in [-0.15, -0.1) is 24.8 Å². The van der Waals surface area contributed by atoms with Crippen LogP contribution in [0.3, 0.4) is 0 Å². The first-order chi connectivity index (χ1) is 7.58. The van der Waals surface area contributed by atoms with Crippen LogP contribution < -0.4 is 5.73 Å². The number of likely N-dealkylation sites (N-methyl/N-ethyl adjacent to an activating group) is 1. The van der Waals surface area contributed by atoms with Crippen molar-refractivity contribution < 1.29 is 4.79 Å². The summed E-state index contributed by atoms with van der Waals surface area (Å²) in [6.45, 7) is 5.12. The third-order valence-corrected chi connectivity index (χ3v) is 2.58. The SMILES string of the molecule is CC[C@H](N)C(=O)N(CC)Cc1cnn(C)c1.Cl.Cl. The molecule has 0 saturated carbocycles. The van der Waals surface area contributed by atoms with E-state index in [1.165, 1.54) is 0 Å². The molecule has 0 saturated heterocycles. The lowest BCUT2D eigenvalue weighted by atomic mass is 10.2. The molecule has 1 atom stereocenters. The van der Waals surface area contributed by atoms with Crippen molar-refractivity contribution in [1.29, 1.82) is 0 Å². The van der Waals surface area contributed by atoms with Gasteiger partial charge in [0.25, 0.3) is 0 Å². The van der Waals surface area contributed by atoms with Crippen LogP contribution in [0.4, 0.5) is 0 Å². The van der Waals surface area contributed by atoms with Crippen molar-refractivity contribution in [3.05, 3.63) is 18.0 Å². The number of hydrogen-bond acceptors (Lipinski definition) is 3. The molecule has 1 aromatic rings. The number of nitrogens with zero attached hydrogens (tertiary/aromatic N) is 3. The normalized spacial score (nSPS) is 11.1. The molecular formula is C11H22Cl2N4O. The van der Waals surface area contributed by atoms with Crippen molar-refractivity contribution in [2.24, 2.45) is 12.8 Å². The van der Waals surface area contributed by atoms with Gasteiger partial charge in [0.2, 0.25) is 5.91 Å². The molecule has 1 aromatic heterocycles. The molecule has 106 valence electrons. The molecular weight excluding hydrogens is 275 g/mol. The predicted octanol–water partition coefficient (Wildman–Crippen LogP) is 1.35. The minimum Gasteiger partial charge on any atom is -0.337 e. The topological polar surface area (TPSA) is 64.2 Å². The lowest BCUT2D eigenvalue weighted by molar-refractivity contribution is -0.133. The molecule has 1 rings (SSSR count). The summed E-state index contributed by atoms with van der Waals surface area (Å²) in [7, 11) is 1.86. The summed E-state index contributed by atoms with van der Waals surface area (Å²) in [5.74, 6) is 0.00820. The summed E-state index contributed by atoms with van der Waals surface area (Å²) in [4.78, 5) is 13.6. The van der Waals surface area contributed by atoms with Crippen molar-refractivity contribution in [1.82, 2.24) is 14.7 Å². The van der Waals surface area contributed by atoms with Crippen molar-refractivity contribution in [2.45, 2.75) is 32.9 Å². The number of carbonyl (C=O) groups excluding carboxylic acids is 1. The van der Waals surface area contributed by atoms with E-state index in [9.17, 15) is 4.79 Å². The van der Waals surface area contributed by atoms with Gasteiger partial charge >= 0.3 is 0 Å². The van der Waals surface area contributed by atoms with E-state index in [1.54, 1.807) is 15.8 Å². The van der Waals surface area contributed by atoms with Crippen molar-refractivity contribution in [3.63, 3.8) is 0 Å². The Labute approximate surface area is 121 Å². The maximum Gasteiger partial charge on any atom is 0.239 e. The highest BCUT2D eigenvalue weighted by Gasteiger charge is 2.18. The molecule has 0 unspecified atom stereocenters. The molecule has 1 heterocycles. The van der Waals surface area contributed by atoms with Crippen LogP contribution in [0.5, 0.6) is 0 Å². The quantitative estimate of drug-likeness (QED) is 0.892. The van der Waals surface area contributed by atoms with Crippen molar-refractivity contribution in [3.8, 4) is 0 Å². The van der Waals surface area contributed by atoms with Gasteiger partial charge in [-0.2, -0.15) is 5.10 Å². The van der Waals surface area contributed by atoms with E-state index in [0.29, 0.717) is 19.5 Å². The summed E-state index contributed by atoms with van der Waals surface area (Å²) in [6.07, 6.45) is 4.35. The predicted molar refractivity (Wildman–Crippen MR) is 77.1 cm³/mol. The first-order valence-corrected chi connectivity index (χ1v) is 5.60. The molecule has 0 bridgehead atoms. The lowest BCUT2D eigenvalue weighted by Gasteiger charge is -2.23. The van der Waals surface area contributed by atoms with Crippen LogP contribution in [-0.4, -0.2) is 33.2 Å². The Hall–Kier alpha value is -0.780. The average Bonchev–Trinajstić information content (AvgIpc) is 2.69. The average molecular weight is 297 g/mol. The van der Waals surface area contributed by atoms with E-state index in [1.807, 2.05) is 27.1 Å². The molecule has 0 spiro atoms. The van der Waals surface area contributed by atoms with Gasteiger partial charge in [0.05, 0.1) is 12.2 Å². The lowest BCUT2D eigenvalue weighted by Crippen LogP contribution is -2.42. The molecule has 0 aliphatic heterocycles. The van der Waals surface area contributed by atoms with E-state index in [2.05, 4.69) is 5.10 Å². The van der Waals surface area contributed by atoms with Crippen LogP contribution in [0, 0.1) is 0 Å². The molecule has 0 aliphatic carbocycles. The molecule has 0 aromatic carbocycles. The van der Waals surface area contributed by atoms with Gasteiger partial charge in [-0.3, -0.25) is 9.48 Å². The van der Waals surface area contributed by atoms with Gasteiger partial charge < -0.3 is 10.6 Å². The first kappa shape index (κ1) is 19.6. The summed E-state index contributed by atoms with van der Waals surface area (Å²) in [6, 6.07) is -0.392. The van der Waals surface area contributed by atoms with Crippen LogP contribution in [-0.2, 0) is 18.4 Å². The third-order valence-electron chi connectivity index (χ3n) is 2.58. The third kappa shape index (κ3) is 5.25. The Morgan fingerprint density at radius 3 is 2.50 bits per heavy atom. The molecule has 2 N–H and O–H groups in total.